The largest absolute Gasteiger partial charge is 0.479 e. The Bertz CT molecular complexity index is 1890. The standard InChI is InChI=1S/C31H21BrFIN2O4S/c1-3-14-40-28-20(15-21(32)17-23(28)34)16-24-29(37)36-27(19-10-12-22(33)13-11-19)25(30(38)39-4-2)26(35-31(36)41-24)18-8-6-5-7-9-18/h1,5-13,15-17,27H,4,14H2,2H3/b24-16-/t27-/m1/s1. The predicted octanol–water partition coefficient (Wildman–Crippen LogP) is 5.45. The molecule has 5 rings (SSSR count). The Kier molecular flexibility index (Phi) is 8.87. The Balaban J connectivity index is 1.82. The van der Waals surface area contributed by atoms with Crippen LogP contribution < -0.4 is 19.6 Å². The molecule has 0 unspecified atom stereocenters. The molecule has 0 saturated heterocycles. The molecule has 0 fully saturated rings. The fraction of sp³-hybridized carbons (Fsp3) is 0.129. The number of fused-ring (bicyclic) bond motifs is 1. The number of halogens is 3. The smallest absolute Gasteiger partial charge is 0.338 e. The van der Waals surface area contributed by atoms with Gasteiger partial charge in [0.25, 0.3) is 5.56 Å². The van der Waals surface area contributed by atoms with Crippen LogP contribution in [0.3, 0.4) is 0 Å². The summed E-state index contributed by atoms with van der Waals surface area (Å²) in [6.07, 6.45) is 7.15. The van der Waals surface area contributed by atoms with E-state index < -0.39 is 17.8 Å². The van der Waals surface area contributed by atoms with Crippen LogP contribution in [0.1, 0.15) is 29.7 Å². The molecule has 1 aliphatic heterocycles. The molecule has 0 amide bonds. The maximum atomic E-state index is 14.1. The van der Waals surface area contributed by atoms with Crippen LogP contribution in [0.25, 0.3) is 11.8 Å². The van der Waals surface area contributed by atoms with Crippen molar-refractivity contribution in [1.82, 2.24) is 4.57 Å². The van der Waals surface area contributed by atoms with E-state index in [1.807, 2.05) is 42.5 Å². The third-order valence-electron chi connectivity index (χ3n) is 6.18. The molecule has 206 valence electrons. The number of thiazole rings is 1. The molecular formula is C31H21BrFIN2O4S. The lowest BCUT2D eigenvalue weighted by molar-refractivity contribution is -0.138. The predicted molar refractivity (Wildman–Crippen MR) is 169 cm³/mol. The van der Waals surface area contributed by atoms with Crippen molar-refractivity contribution in [2.24, 2.45) is 4.99 Å². The molecule has 3 aromatic carbocycles. The normalized spacial score (nSPS) is 14.7. The van der Waals surface area contributed by atoms with E-state index in [-0.39, 0.29) is 24.3 Å². The molecule has 2 heterocycles. The van der Waals surface area contributed by atoms with E-state index in [1.165, 1.54) is 28.0 Å². The van der Waals surface area contributed by atoms with Crippen molar-refractivity contribution in [2.45, 2.75) is 13.0 Å². The highest BCUT2D eigenvalue weighted by Crippen LogP contribution is 2.35. The van der Waals surface area contributed by atoms with Crippen LogP contribution in [-0.4, -0.2) is 23.8 Å². The summed E-state index contributed by atoms with van der Waals surface area (Å²) in [6, 6.07) is 17.8. The van der Waals surface area contributed by atoms with Crippen LogP contribution in [0, 0.1) is 21.7 Å². The van der Waals surface area contributed by atoms with Crippen molar-refractivity contribution < 1.29 is 18.7 Å². The molecule has 0 bridgehead atoms. The second-order valence-corrected chi connectivity index (χ2v) is 11.9. The maximum Gasteiger partial charge on any atom is 0.338 e. The van der Waals surface area contributed by atoms with Crippen LogP contribution in [0.5, 0.6) is 5.75 Å². The van der Waals surface area contributed by atoms with Crippen LogP contribution >= 0.6 is 49.9 Å². The Morgan fingerprint density at radius 2 is 1.95 bits per heavy atom. The first-order chi connectivity index (χ1) is 19.8. The molecule has 0 saturated carbocycles. The topological polar surface area (TPSA) is 69.9 Å². The first kappa shape index (κ1) is 29.0. The van der Waals surface area contributed by atoms with E-state index in [4.69, 9.17) is 20.9 Å². The van der Waals surface area contributed by atoms with Gasteiger partial charge in [-0.25, -0.2) is 14.2 Å². The Morgan fingerprint density at radius 1 is 1.22 bits per heavy atom. The highest BCUT2D eigenvalue weighted by molar-refractivity contribution is 14.1. The average molecular weight is 743 g/mol. The number of terminal acetylenes is 1. The summed E-state index contributed by atoms with van der Waals surface area (Å²) in [4.78, 5) is 32.8. The summed E-state index contributed by atoms with van der Waals surface area (Å²) in [5.74, 6) is 1.97. The molecule has 0 N–H and O–H groups in total. The van der Waals surface area contributed by atoms with Crippen LogP contribution in [0.4, 0.5) is 4.39 Å². The Labute approximate surface area is 261 Å². The van der Waals surface area contributed by atoms with E-state index in [1.54, 1.807) is 25.1 Å². The lowest BCUT2D eigenvalue weighted by Gasteiger charge is -2.25. The fourth-order valence-electron chi connectivity index (χ4n) is 4.50. The zero-order valence-corrected chi connectivity index (χ0v) is 26.1. The Morgan fingerprint density at radius 3 is 2.63 bits per heavy atom. The third kappa shape index (κ3) is 5.93. The van der Waals surface area contributed by atoms with E-state index in [2.05, 4.69) is 44.4 Å². The maximum absolute atomic E-state index is 14.1. The van der Waals surface area contributed by atoms with Gasteiger partial charge in [0.2, 0.25) is 0 Å². The molecule has 6 nitrogen and oxygen atoms in total. The minimum absolute atomic E-state index is 0.0631. The number of carbonyl (C=O) groups is 1. The van der Waals surface area contributed by atoms with E-state index >= 15 is 0 Å². The molecule has 10 heteroatoms. The monoisotopic (exact) mass is 742 g/mol. The van der Waals surface area contributed by atoms with Gasteiger partial charge in [0, 0.05) is 15.6 Å². The zero-order chi connectivity index (χ0) is 29.1. The molecule has 0 aliphatic carbocycles. The Hall–Kier alpha value is -3.53. The molecule has 4 aromatic rings. The summed E-state index contributed by atoms with van der Waals surface area (Å²) in [7, 11) is 0. The van der Waals surface area contributed by atoms with Crippen molar-refractivity contribution in [3.05, 3.63) is 123 Å². The average Bonchev–Trinajstić information content (AvgIpc) is 3.27. The summed E-state index contributed by atoms with van der Waals surface area (Å²) < 4.78 is 28.7. The first-order valence-electron chi connectivity index (χ1n) is 12.4. The SMILES string of the molecule is C#CCOc1c(I)cc(Br)cc1/C=c1\sc2n(c1=O)[C@H](c1ccc(F)cc1)C(C(=O)OCC)=C(c1ccccc1)N=2. The summed E-state index contributed by atoms with van der Waals surface area (Å²) in [5, 5.41) is 0. The van der Waals surface area contributed by atoms with Crippen molar-refractivity contribution in [3.63, 3.8) is 0 Å². The number of hydrogen-bond acceptors (Lipinski definition) is 6. The lowest BCUT2D eigenvalue weighted by atomic mass is 9.93. The molecule has 1 atom stereocenters. The number of hydrogen-bond donors (Lipinski definition) is 0. The number of aromatic nitrogens is 1. The molecular weight excluding hydrogens is 722 g/mol. The van der Waals surface area contributed by atoms with Crippen LogP contribution in [0.15, 0.2) is 86.6 Å². The molecule has 0 radical (unpaired) electrons. The van der Waals surface area contributed by atoms with Gasteiger partial charge in [-0.3, -0.25) is 9.36 Å². The minimum Gasteiger partial charge on any atom is -0.479 e. The summed E-state index contributed by atoms with van der Waals surface area (Å²) in [6.45, 7) is 1.91. The first-order valence-corrected chi connectivity index (χ1v) is 15.1. The van der Waals surface area contributed by atoms with Gasteiger partial charge < -0.3 is 9.47 Å². The van der Waals surface area contributed by atoms with Crippen molar-refractivity contribution in [3.8, 4) is 18.1 Å². The van der Waals surface area contributed by atoms with Gasteiger partial charge in [0.1, 0.15) is 18.2 Å². The number of esters is 1. The number of rotatable bonds is 7. The van der Waals surface area contributed by atoms with Gasteiger partial charge in [0.05, 0.1) is 32.0 Å². The van der Waals surface area contributed by atoms with Crippen molar-refractivity contribution >= 4 is 67.6 Å². The van der Waals surface area contributed by atoms with E-state index in [0.717, 1.165) is 8.04 Å². The summed E-state index contributed by atoms with van der Waals surface area (Å²) in [5.41, 5.74) is 2.09. The molecule has 0 spiro atoms. The van der Waals surface area contributed by atoms with Crippen molar-refractivity contribution in [1.29, 1.82) is 0 Å². The number of benzene rings is 3. The van der Waals surface area contributed by atoms with Gasteiger partial charge in [-0.2, -0.15) is 0 Å². The number of carbonyl (C=O) groups excluding carboxylic acids is 1. The molecule has 41 heavy (non-hydrogen) atoms. The quantitative estimate of drug-likeness (QED) is 0.144. The molecule has 1 aromatic heterocycles. The zero-order valence-electron chi connectivity index (χ0n) is 21.6. The summed E-state index contributed by atoms with van der Waals surface area (Å²) >= 11 is 6.85. The van der Waals surface area contributed by atoms with Gasteiger partial charge in [-0.05, 0) is 65.4 Å². The van der Waals surface area contributed by atoms with Gasteiger partial charge in [0.15, 0.2) is 4.80 Å². The lowest BCUT2D eigenvalue weighted by Crippen LogP contribution is -2.40. The fourth-order valence-corrected chi connectivity index (χ4v) is 7.19. The van der Waals surface area contributed by atoms with Crippen molar-refractivity contribution in [2.75, 3.05) is 13.2 Å². The van der Waals surface area contributed by atoms with Crippen LogP contribution in [-0.2, 0) is 9.53 Å². The second kappa shape index (κ2) is 12.5. The minimum atomic E-state index is -0.900. The van der Waals surface area contributed by atoms with Crippen LogP contribution in [0.2, 0.25) is 0 Å². The van der Waals surface area contributed by atoms with Gasteiger partial charge in [-0.1, -0.05) is 75.7 Å². The highest BCUT2D eigenvalue weighted by Gasteiger charge is 2.35. The number of ether oxygens (including phenoxy) is 2. The van der Waals surface area contributed by atoms with Gasteiger partial charge in [-0.15, -0.1) is 6.42 Å². The second-order valence-electron chi connectivity index (χ2n) is 8.78. The number of nitrogens with zero attached hydrogens (tertiary/aromatic N) is 2. The third-order valence-corrected chi connectivity index (χ3v) is 8.43. The highest BCUT2D eigenvalue weighted by atomic mass is 127. The van der Waals surface area contributed by atoms with Gasteiger partial charge >= 0.3 is 5.97 Å². The van der Waals surface area contributed by atoms with E-state index in [0.29, 0.717) is 37.5 Å². The van der Waals surface area contributed by atoms with E-state index in [9.17, 15) is 14.0 Å². The molecule has 1 aliphatic rings.